The lowest BCUT2D eigenvalue weighted by molar-refractivity contribution is 0.401. The van der Waals surface area contributed by atoms with E-state index < -0.39 is 0 Å². The molecule has 3 N–H and O–H groups in total. The van der Waals surface area contributed by atoms with Crippen LogP contribution in [0.4, 0.5) is 5.69 Å². The first-order valence-corrected chi connectivity index (χ1v) is 8.88. The third kappa shape index (κ3) is 6.96. The summed E-state index contributed by atoms with van der Waals surface area (Å²) in [6, 6.07) is 16.8. The van der Waals surface area contributed by atoms with E-state index in [-0.39, 0.29) is 24.0 Å². The minimum atomic E-state index is 0. The van der Waals surface area contributed by atoms with Gasteiger partial charge in [0.15, 0.2) is 5.96 Å². The van der Waals surface area contributed by atoms with Gasteiger partial charge in [0.25, 0.3) is 0 Å². The maximum absolute atomic E-state index is 6.06. The molecule has 0 amide bonds. The first-order valence-electron chi connectivity index (χ1n) is 8.88. The fraction of sp³-hybridized carbons (Fsp3) is 0.381. The molecule has 0 heterocycles. The Balaban J connectivity index is 0.00000338. The first-order chi connectivity index (χ1) is 12.0. The van der Waals surface area contributed by atoms with Crippen molar-refractivity contribution >= 4 is 35.6 Å². The lowest BCUT2D eigenvalue weighted by Crippen LogP contribution is -2.22. The lowest BCUT2D eigenvalue weighted by atomic mass is 9.99. The van der Waals surface area contributed by atoms with Gasteiger partial charge in [-0.15, -0.1) is 24.0 Å². The van der Waals surface area contributed by atoms with Crippen LogP contribution in [-0.2, 0) is 13.1 Å². The number of nitrogens with zero attached hydrogens (tertiary/aromatic N) is 2. The summed E-state index contributed by atoms with van der Waals surface area (Å²) in [6.07, 6.45) is 1.14. The van der Waals surface area contributed by atoms with E-state index in [1.165, 1.54) is 16.7 Å². The highest BCUT2D eigenvalue weighted by Gasteiger charge is 2.04. The van der Waals surface area contributed by atoms with Crippen molar-refractivity contribution < 1.29 is 0 Å². The van der Waals surface area contributed by atoms with Crippen molar-refractivity contribution in [1.82, 2.24) is 4.90 Å². The second-order valence-electron chi connectivity index (χ2n) is 6.76. The van der Waals surface area contributed by atoms with Gasteiger partial charge in [0.05, 0.1) is 6.54 Å². The van der Waals surface area contributed by atoms with Crippen LogP contribution in [0, 0.1) is 0 Å². The Bertz CT molecular complexity index is 695. The molecular weight excluding hydrogens is 435 g/mol. The quantitative estimate of drug-likeness (QED) is 0.350. The van der Waals surface area contributed by atoms with Gasteiger partial charge in [-0.3, -0.25) is 0 Å². The zero-order chi connectivity index (χ0) is 18.2. The molecule has 4 nitrogen and oxygen atoms in total. The summed E-state index contributed by atoms with van der Waals surface area (Å²) in [6.45, 7) is 5.92. The number of rotatable bonds is 7. The zero-order valence-corrected chi connectivity index (χ0v) is 18.5. The third-order valence-electron chi connectivity index (χ3n) is 4.39. The standard InChI is InChI=1S/C21H30N4.HI/c1-5-16(2)17-10-12-20(13-11-17)24-21(22)23-14-18-8-6-7-9-19(18)15-25(3)4;/h6-13,16H,5,14-15H2,1-4H3,(H3,22,23,24);1H. The molecule has 2 rings (SSSR count). The zero-order valence-electron chi connectivity index (χ0n) is 16.2. The minimum Gasteiger partial charge on any atom is -0.370 e. The second-order valence-corrected chi connectivity index (χ2v) is 6.76. The number of hydrogen-bond donors (Lipinski definition) is 2. The average Bonchev–Trinajstić information content (AvgIpc) is 2.60. The highest BCUT2D eigenvalue weighted by molar-refractivity contribution is 14.0. The fourth-order valence-electron chi connectivity index (χ4n) is 2.70. The summed E-state index contributed by atoms with van der Waals surface area (Å²) in [5, 5.41) is 3.17. The van der Waals surface area contributed by atoms with Gasteiger partial charge < -0.3 is 16.0 Å². The smallest absolute Gasteiger partial charge is 0.193 e. The number of nitrogens with two attached hydrogens (primary N) is 1. The van der Waals surface area contributed by atoms with Crippen LogP contribution in [0.5, 0.6) is 0 Å². The van der Waals surface area contributed by atoms with Crippen LogP contribution in [0.25, 0.3) is 0 Å². The molecule has 1 unspecified atom stereocenters. The summed E-state index contributed by atoms with van der Waals surface area (Å²) in [4.78, 5) is 6.65. The van der Waals surface area contributed by atoms with Gasteiger partial charge in [0, 0.05) is 12.2 Å². The van der Waals surface area contributed by atoms with Crippen molar-refractivity contribution in [3.05, 3.63) is 65.2 Å². The van der Waals surface area contributed by atoms with Crippen LogP contribution in [-0.4, -0.2) is 25.0 Å². The van der Waals surface area contributed by atoms with E-state index in [0.29, 0.717) is 18.4 Å². The molecule has 0 fully saturated rings. The molecule has 5 heteroatoms. The maximum atomic E-state index is 6.06. The molecule has 0 saturated carbocycles. The Labute approximate surface area is 174 Å². The van der Waals surface area contributed by atoms with Crippen molar-refractivity contribution in [3.8, 4) is 0 Å². The van der Waals surface area contributed by atoms with E-state index >= 15 is 0 Å². The van der Waals surface area contributed by atoms with Crippen LogP contribution < -0.4 is 11.1 Å². The maximum Gasteiger partial charge on any atom is 0.193 e. The van der Waals surface area contributed by atoms with Crippen molar-refractivity contribution in [2.45, 2.75) is 39.3 Å². The number of benzene rings is 2. The van der Waals surface area contributed by atoms with E-state index in [1.54, 1.807) is 0 Å². The third-order valence-corrected chi connectivity index (χ3v) is 4.39. The van der Waals surface area contributed by atoms with E-state index in [0.717, 1.165) is 18.7 Å². The summed E-state index contributed by atoms with van der Waals surface area (Å²) in [5.41, 5.74) is 10.9. The van der Waals surface area contributed by atoms with Gasteiger partial charge >= 0.3 is 0 Å². The summed E-state index contributed by atoms with van der Waals surface area (Å²) in [7, 11) is 4.14. The lowest BCUT2D eigenvalue weighted by Gasteiger charge is -2.13. The number of halogens is 1. The normalized spacial score (nSPS) is 12.6. The van der Waals surface area contributed by atoms with Crippen LogP contribution in [0.2, 0.25) is 0 Å². The van der Waals surface area contributed by atoms with Crippen LogP contribution in [0.3, 0.4) is 0 Å². The number of anilines is 1. The van der Waals surface area contributed by atoms with Crippen molar-refractivity contribution in [2.24, 2.45) is 10.7 Å². The van der Waals surface area contributed by atoms with Gasteiger partial charge in [-0.05, 0) is 55.3 Å². The van der Waals surface area contributed by atoms with Crippen molar-refractivity contribution in [1.29, 1.82) is 0 Å². The molecule has 26 heavy (non-hydrogen) atoms. The summed E-state index contributed by atoms with van der Waals surface area (Å²) in [5.74, 6) is 1.02. The van der Waals surface area contributed by atoms with Gasteiger partial charge in [0.2, 0.25) is 0 Å². The van der Waals surface area contributed by atoms with Gasteiger partial charge in [-0.1, -0.05) is 50.2 Å². The first kappa shape index (κ1) is 22.4. The molecule has 1 atom stereocenters. The summed E-state index contributed by atoms with van der Waals surface area (Å²) >= 11 is 0. The highest BCUT2D eigenvalue weighted by atomic mass is 127. The summed E-state index contributed by atoms with van der Waals surface area (Å²) < 4.78 is 0. The van der Waals surface area contributed by atoms with Crippen molar-refractivity contribution in [2.75, 3.05) is 19.4 Å². The number of aliphatic imine (C=N–C) groups is 1. The Morgan fingerprint density at radius 3 is 2.27 bits per heavy atom. The van der Waals surface area contributed by atoms with Crippen molar-refractivity contribution in [3.63, 3.8) is 0 Å². The van der Waals surface area contributed by atoms with Crippen LogP contribution in [0.15, 0.2) is 53.5 Å². The minimum absolute atomic E-state index is 0. The molecule has 0 saturated heterocycles. The molecule has 2 aromatic carbocycles. The van der Waals surface area contributed by atoms with Gasteiger partial charge in [0.1, 0.15) is 0 Å². The van der Waals surface area contributed by atoms with Crippen LogP contribution in [0.1, 0.15) is 42.9 Å². The molecule has 0 aromatic heterocycles. The number of hydrogen-bond acceptors (Lipinski definition) is 2. The molecule has 0 aliphatic rings. The van der Waals surface area contributed by atoms with Gasteiger partial charge in [-0.25, -0.2) is 4.99 Å². The number of guanidine groups is 1. The Morgan fingerprint density at radius 2 is 1.69 bits per heavy atom. The second kappa shape index (κ2) is 11.2. The SMILES string of the molecule is CCC(C)c1ccc(NC(N)=NCc2ccccc2CN(C)C)cc1.I. The van der Waals surface area contributed by atoms with E-state index in [9.17, 15) is 0 Å². The molecule has 0 aliphatic heterocycles. The predicted octanol–water partition coefficient (Wildman–Crippen LogP) is 4.81. The Hall–Kier alpha value is -1.60. The Morgan fingerprint density at radius 1 is 1.08 bits per heavy atom. The molecule has 0 spiro atoms. The van der Waals surface area contributed by atoms with Crippen LogP contribution >= 0.6 is 24.0 Å². The molecular formula is C21H31IN4. The van der Waals surface area contributed by atoms with E-state index in [2.05, 4.69) is 85.6 Å². The molecule has 142 valence electrons. The molecule has 0 radical (unpaired) electrons. The highest BCUT2D eigenvalue weighted by Crippen LogP contribution is 2.20. The largest absolute Gasteiger partial charge is 0.370 e. The van der Waals surface area contributed by atoms with E-state index in [4.69, 9.17) is 5.73 Å². The monoisotopic (exact) mass is 466 g/mol. The molecule has 0 aliphatic carbocycles. The van der Waals surface area contributed by atoms with E-state index in [1.807, 2.05) is 6.07 Å². The predicted molar refractivity (Wildman–Crippen MR) is 123 cm³/mol. The molecule has 0 bridgehead atoms. The Kier molecular flexibility index (Phi) is 9.65. The fourth-order valence-corrected chi connectivity index (χ4v) is 2.70. The number of nitrogens with one attached hydrogen (secondary N) is 1. The van der Waals surface area contributed by atoms with Gasteiger partial charge in [-0.2, -0.15) is 0 Å². The topological polar surface area (TPSA) is 53.6 Å². The average molecular weight is 466 g/mol. The molecule has 2 aromatic rings.